The fourth-order valence-electron chi connectivity index (χ4n) is 2.74. The van der Waals surface area contributed by atoms with Crippen molar-refractivity contribution in [2.24, 2.45) is 11.8 Å². The molecule has 2 N–H and O–H groups in total. The fourth-order valence-corrected chi connectivity index (χ4v) is 2.74. The van der Waals surface area contributed by atoms with Crippen molar-refractivity contribution in [3.8, 4) is 0 Å². The van der Waals surface area contributed by atoms with Crippen molar-refractivity contribution in [2.75, 3.05) is 18.4 Å². The Morgan fingerprint density at radius 3 is 2.60 bits per heavy atom. The predicted octanol–water partition coefficient (Wildman–Crippen LogP) is 3.46. The third kappa shape index (κ3) is 5.41. The minimum Gasteiger partial charge on any atom is -0.376 e. The Morgan fingerprint density at radius 2 is 1.90 bits per heavy atom. The van der Waals surface area contributed by atoms with E-state index in [9.17, 15) is 4.79 Å². The molecule has 2 unspecified atom stereocenters. The molecule has 0 aliphatic heterocycles. The first-order chi connectivity index (χ1) is 9.25. The van der Waals surface area contributed by atoms with Crippen molar-refractivity contribution in [1.82, 2.24) is 5.32 Å². The molecule has 1 aliphatic carbocycles. The van der Waals surface area contributed by atoms with Gasteiger partial charge in [0.25, 0.3) is 0 Å². The van der Waals surface area contributed by atoms with Gasteiger partial charge in [-0.25, -0.2) is 0 Å². The molecule has 1 aliphatic rings. The van der Waals surface area contributed by atoms with Crippen LogP contribution in [0.25, 0.3) is 0 Å². The molecule has 1 amide bonds. The van der Waals surface area contributed by atoms with Gasteiger partial charge in [0.15, 0.2) is 0 Å². The highest BCUT2D eigenvalue weighted by molar-refractivity contribution is 5.85. The standard InChI is InChI=1S/C16H24N2O.ClH/c1-13-7-5-6-8-14(13)11-18-16(19)12-17-15-9-3-2-4-10-15;/h2-4,9-10,13-14,17H,5-8,11-12H2,1H3,(H,18,19);1H. The zero-order valence-corrected chi connectivity index (χ0v) is 12.9. The maximum absolute atomic E-state index is 11.8. The molecule has 2 atom stereocenters. The molecule has 1 aromatic rings. The predicted molar refractivity (Wildman–Crippen MR) is 86.3 cm³/mol. The number of amides is 1. The Morgan fingerprint density at radius 1 is 1.20 bits per heavy atom. The van der Waals surface area contributed by atoms with E-state index < -0.39 is 0 Å². The van der Waals surface area contributed by atoms with Gasteiger partial charge in [-0.1, -0.05) is 44.4 Å². The molecule has 1 aromatic carbocycles. The maximum atomic E-state index is 11.8. The van der Waals surface area contributed by atoms with Crippen LogP contribution < -0.4 is 10.6 Å². The lowest BCUT2D eigenvalue weighted by atomic mass is 9.80. The van der Waals surface area contributed by atoms with E-state index >= 15 is 0 Å². The Balaban J connectivity index is 0.00000200. The van der Waals surface area contributed by atoms with E-state index in [1.54, 1.807) is 0 Å². The summed E-state index contributed by atoms with van der Waals surface area (Å²) in [4.78, 5) is 11.8. The number of hydrogen-bond donors (Lipinski definition) is 2. The summed E-state index contributed by atoms with van der Waals surface area (Å²) >= 11 is 0. The van der Waals surface area contributed by atoms with Crippen molar-refractivity contribution < 1.29 is 4.79 Å². The number of rotatable bonds is 5. The molecule has 0 bridgehead atoms. The second kappa shape index (κ2) is 8.85. The van der Waals surface area contributed by atoms with Crippen LogP contribution in [-0.2, 0) is 4.79 Å². The Hall–Kier alpha value is -1.22. The molecule has 1 fully saturated rings. The van der Waals surface area contributed by atoms with E-state index in [4.69, 9.17) is 0 Å². The Labute approximate surface area is 127 Å². The number of halogens is 1. The quantitative estimate of drug-likeness (QED) is 0.873. The number of anilines is 1. The first-order valence-corrected chi connectivity index (χ1v) is 7.31. The van der Waals surface area contributed by atoms with Crippen LogP contribution in [0.3, 0.4) is 0 Å². The topological polar surface area (TPSA) is 41.1 Å². The smallest absolute Gasteiger partial charge is 0.239 e. The summed E-state index contributed by atoms with van der Waals surface area (Å²) in [6, 6.07) is 9.83. The van der Waals surface area contributed by atoms with Gasteiger partial charge in [0, 0.05) is 12.2 Å². The van der Waals surface area contributed by atoms with Gasteiger partial charge in [0.2, 0.25) is 5.91 Å². The summed E-state index contributed by atoms with van der Waals surface area (Å²) in [5.74, 6) is 1.49. The van der Waals surface area contributed by atoms with Crippen molar-refractivity contribution in [3.63, 3.8) is 0 Å². The van der Waals surface area contributed by atoms with E-state index in [1.165, 1.54) is 25.7 Å². The number of para-hydroxylation sites is 1. The average Bonchev–Trinajstić information content (AvgIpc) is 2.45. The molecular formula is C16H25ClN2O. The zero-order valence-electron chi connectivity index (χ0n) is 12.1. The minimum absolute atomic E-state index is 0. The molecule has 0 spiro atoms. The molecule has 112 valence electrons. The second-order valence-corrected chi connectivity index (χ2v) is 5.55. The number of carbonyl (C=O) groups is 1. The summed E-state index contributed by atoms with van der Waals surface area (Å²) < 4.78 is 0. The van der Waals surface area contributed by atoms with Crippen molar-refractivity contribution in [2.45, 2.75) is 32.6 Å². The lowest BCUT2D eigenvalue weighted by Gasteiger charge is -2.28. The molecule has 0 aromatic heterocycles. The molecule has 0 heterocycles. The van der Waals surface area contributed by atoms with Gasteiger partial charge in [-0.15, -0.1) is 12.4 Å². The van der Waals surface area contributed by atoms with Gasteiger partial charge in [-0.2, -0.15) is 0 Å². The van der Waals surface area contributed by atoms with E-state index in [0.717, 1.165) is 18.2 Å². The summed E-state index contributed by atoms with van der Waals surface area (Å²) in [5.41, 5.74) is 0.990. The molecular weight excluding hydrogens is 272 g/mol. The van der Waals surface area contributed by atoms with E-state index in [2.05, 4.69) is 17.6 Å². The number of carbonyl (C=O) groups excluding carboxylic acids is 1. The molecule has 20 heavy (non-hydrogen) atoms. The summed E-state index contributed by atoms with van der Waals surface area (Å²) in [6.07, 6.45) is 5.23. The van der Waals surface area contributed by atoms with Gasteiger partial charge < -0.3 is 10.6 Å². The average molecular weight is 297 g/mol. The second-order valence-electron chi connectivity index (χ2n) is 5.55. The molecule has 4 heteroatoms. The van der Waals surface area contributed by atoms with Crippen LogP contribution in [0.2, 0.25) is 0 Å². The Kier molecular flexibility index (Phi) is 7.45. The van der Waals surface area contributed by atoms with Crippen LogP contribution in [-0.4, -0.2) is 19.0 Å². The van der Waals surface area contributed by atoms with Gasteiger partial charge in [0.1, 0.15) is 0 Å². The third-order valence-corrected chi connectivity index (χ3v) is 4.08. The molecule has 2 rings (SSSR count). The van der Waals surface area contributed by atoms with Crippen LogP contribution in [0.15, 0.2) is 30.3 Å². The van der Waals surface area contributed by atoms with Gasteiger partial charge in [-0.3, -0.25) is 4.79 Å². The SMILES string of the molecule is CC1CCCCC1CNC(=O)CNc1ccccc1.Cl. The van der Waals surface area contributed by atoms with Crippen LogP contribution >= 0.6 is 12.4 Å². The minimum atomic E-state index is 0. The van der Waals surface area contributed by atoms with Crippen molar-refractivity contribution in [3.05, 3.63) is 30.3 Å². The molecule has 0 radical (unpaired) electrons. The first kappa shape index (κ1) is 16.8. The lowest BCUT2D eigenvalue weighted by Crippen LogP contribution is -2.36. The zero-order chi connectivity index (χ0) is 13.5. The van der Waals surface area contributed by atoms with Gasteiger partial charge >= 0.3 is 0 Å². The van der Waals surface area contributed by atoms with E-state index in [0.29, 0.717) is 12.5 Å². The highest BCUT2D eigenvalue weighted by Gasteiger charge is 2.21. The summed E-state index contributed by atoms with van der Waals surface area (Å²) in [6.45, 7) is 3.49. The maximum Gasteiger partial charge on any atom is 0.239 e. The van der Waals surface area contributed by atoms with Crippen LogP contribution in [0.5, 0.6) is 0 Å². The van der Waals surface area contributed by atoms with Gasteiger partial charge in [-0.05, 0) is 30.4 Å². The third-order valence-electron chi connectivity index (χ3n) is 4.08. The first-order valence-electron chi connectivity index (χ1n) is 7.31. The Bertz CT molecular complexity index is 397. The highest BCUT2D eigenvalue weighted by atomic mass is 35.5. The number of hydrogen-bond acceptors (Lipinski definition) is 2. The van der Waals surface area contributed by atoms with E-state index in [-0.39, 0.29) is 18.3 Å². The van der Waals surface area contributed by atoms with Crippen LogP contribution in [0, 0.1) is 11.8 Å². The number of nitrogens with one attached hydrogen (secondary N) is 2. The van der Waals surface area contributed by atoms with E-state index in [1.807, 2.05) is 30.3 Å². The van der Waals surface area contributed by atoms with Crippen LogP contribution in [0.4, 0.5) is 5.69 Å². The van der Waals surface area contributed by atoms with Crippen molar-refractivity contribution >= 4 is 24.0 Å². The lowest BCUT2D eigenvalue weighted by molar-refractivity contribution is -0.119. The molecule has 0 saturated heterocycles. The summed E-state index contributed by atoms with van der Waals surface area (Å²) in [5, 5.41) is 6.18. The highest BCUT2D eigenvalue weighted by Crippen LogP contribution is 2.28. The van der Waals surface area contributed by atoms with Gasteiger partial charge in [0.05, 0.1) is 6.54 Å². The monoisotopic (exact) mass is 296 g/mol. The molecule has 3 nitrogen and oxygen atoms in total. The summed E-state index contributed by atoms with van der Waals surface area (Å²) in [7, 11) is 0. The van der Waals surface area contributed by atoms with Crippen molar-refractivity contribution in [1.29, 1.82) is 0 Å². The fraction of sp³-hybridized carbons (Fsp3) is 0.562. The normalized spacial score (nSPS) is 21.6. The molecule has 1 saturated carbocycles. The number of benzene rings is 1. The van der Waals surface area contributed by atoms with Crippen LogP contribution in [0.1, 0.15) is 32.6 Å². The largest absolute Gasteiger partial charge is 0.376 e.